The maximum absolute atomic E-state index is 13.3. The van der Waals surface area contributed by atoms with Crippen LogP contribution in [-0.4, -0.2) is 57.1 Å². The number of aryl methyl sites for hydroxylation is 1. The predicted octanol–water partition coefficient (Wildman–Crippen LogP) is 5.42. The van der Waals surface area contributed by atoms with Gasteiger partial charge in [0.15, 0.2) is 11.9 Å². The number of hydrogen-bond acceptors (Lipinski definition) is 8. The van der Waals surface area contributed by atoms with Crippen molar-refractivity contribution < 1.29 is 37.4 Å². The first kappa shape index (κ1) is 35.0. The normalized spacial score (nSPS) is 13.9. The van der Waals surface area contributed by atoms with Crippen LogP contribution in [0.4, 0.5) is 11.4 Å². The number of sulfonamides is 1. The van der Waals surface area contributed by atoms with Gasteiger partial charge in [-0.15, -0.1) is 0 Å². The highest BCUT2D eigenvalue weighted by Gasteiger charge is 2.34. The van der Waals surface area contributed by atoms with Crippen LogP contribution >= 0.6 is 0 Å². The average molecular weight is 686 g/mol. The summed E-state index contributed by atoms with van der Waals surface area (Å²) in [5.74, 6) is -1.85. The van der Waals surface area contributed by atoms with Crippen molar-refractivity contribution in [3.8, 4) is 11.5 Å². The van der Waals surface area contributed by atoms with E-state index in [1.54, 1.807) is 77.7 Å². The molecule has 49 heavy (non-hydrogen) atoms. The number of para-hydroxylation sites is 1. The van der Waals surface area contributed by atoms with E-state index in [0.717, 1.165) is 19.3 Å². The SMILES string of the molecule is O=C(O)CCCN1CC(C(=O)NS(=O)(=O)Cc2ccccc2)Oc2c(NC(=O)c3ccc(OCCCCc4ccccc4)cc3)cccc21. The zero-order valence-electron chi connectivity index (χ0n) is 26.9. The molecule has 0 saturated carbocycles. The lowest BCUT2D eigenvalue weighted by atomic mass is 10.1. The highest BCUT2D eigenvalue weighted by Crippen LogP contribution is 2.40. The minimum absolute atomic E-state index is 0.0234. The Balaban J connectivity index is 1.24. The molecule has 1 aliphatic rings. The number of amides is 2. The summed E-state index contributed by atoms with van der Waals surface area (Å²) in [5.41, 5.74) is 2.98. The maximum Gasteiger partial charge on any atom is 0.303 e. The number of anilines is 2. The van der Waals surface area contributed by atoms with Crippen molar-refractivity contribution in [3.05, 3.63) is 120 Å². The van der Waals surface area contributed by atoms with Gasteiger partial charge in [-0.2, -0.15) is 0 Å². The van der Waals surface area contributed by atoms with Gasteiger partial charge in [-0.3, -0.25) is 14.4 Å². The van der Waals surface area contributed by atoms with E-state index in [1.165, 1.54) is 5.56 Å². The van der Waals surface area contributed by atoms with E-state index < -0.39 is 39.7 Å². The number of aliphatic carboxylic acids is 1. The first-order valence-electron chi connectivity index (χ1n) is 16.1. The molecule has 3 N–H and O–H groups in total. The van der Waals surface area contributed by atoms with Crippen LogP contribution in [0.15, 0.2) is 103 Å². The van der Waals surface area contributed by atoms with Crippen LogP contribution in [0.2, 0.25) is 0 Å². The zero-order valence-corrected chi connectivity index (χ0v) is 27.7. The maximum atomic E-state index is 13.3. The van der Waals surface area contributed by atoms with Crippen molar-refractivity contribution in [3.63, 3.8) is 0 Å². The molecule has 1 aliphatic heterocycles. The molecule has 0 bridgehead atoms. The van der Waals surface area contributed by atoms with E-state index in [0.29, 0.717) is 29.2 Å². The molecule has 5 rings (SSSR count). The minimum atomic E-state index is -4.05. The van der Waals surface area contributed by atoms with Crippen LogP contribution in [0, 0.1) is 0 Å². The number of carbonyl (C=O) groups is 3. The Bertz CT molecular complexity index is 1830. The molecule has 0 spiro atoms. The quantitative estimate of drug-likeness (QED) is 0.131. The van der Waals surface area contributed by atoms with Crippen LogP contribution in [0.1, 0.15) is 47.2 Å². The highest BCUT2D eigenvalue weighted by atomic mass is 32.2. The molecule has 0 aliphatic carbocycles. The molecule has 0 radical (unpaired) electrons. The Morgan fingerprint density at radius 1 is 0.837 bits per heavy atom. The fourth-order valence-electron chi connectivity index (χ4n) is 5.46. The van der Waals surface area contributed by atoms with Crippen LogP contribution in [0.25, 0.3) is 0 Å². The van der Waals surface area contributed by atoms with Gasteiger partial charge >= 0.3 is 5.97 Å². The number of carbonyl (C=O) groups excluding carboxylic acids is 2. The highest BCUT2D eigenvalue weighted by molar-refractivity contribution is 7.89. The van der Waals surface area contributed by atoms with Crippen LogP contribution in [0.3, 0.4) is 0 Å². The second-order valence-electron chi connectivity index (χ2n) is 11.7. The summed E-state index contributed by atoms with van der Waals surface area (Å²) in [6, 6.07) is 30.5. The lowest BCUT2D eigenvalue weighted by Crippen LogP contribution is -2.50. The average Bonchev–Trinajstić information content (AvgIpc) is 3.09. The van der Waals surface area contributed by atoms with Gasteiger partial charge in [0.05, 0.1) is 30.3 Å². The van der Waals surface area contributed by atoms with Crippen LogP contribution in [-0.2, 0) is 31.8 Å². The number of unbranched alkanes of at least 4 members (excludes halogenated alkanes) is 1. The first-order chi connectivity index (χ1) is 23.7. The van der Waals surface area contributed by atoms with Crippen molar-refractivity contribution in [2.75, 3.05) is 29.9 Å². The molecule has 0 saturated heterocycles. The number of rotatable bonds is 16. The van der Waals surface area contributed by atoms with Gasteiger partial charge in [0, 0.05) is 18.5 Å². The van der Waals surface area contributed by atoms with E-state index in [1.807, 2.05) is 18.2 Å². The molecular formula is C37H39N3O8S. The van der Waals surface area contributed by atoms with Crippen molar-refractivity contribution in [1.82, 2.24) is 4.72 Å². The van der Waals surface area contributed by atoms with E-state index in [2.05, 4.69) is 22.2 Å². The van der Waals surface area contributed by atoms with Crippen molar-refractivity contribution >= 4 is 39.2 Å². The number of hydrogen-bond donors (Lipinski definition) is 3. The molecule has 2 amide bonds. The third kappa shape index (κ3) is 10.3. The molecule has 12 heteroatoms. The van der Waals surface area contributed by atoms with Gasteiger partial charge < -0.3 is 24.8 Å². The molecule has 0 fully saturated rings. The molecule has 4 aromatic rings. The van der Waals surface area contributed by atoms with Crippen molar-refractivity contribution in [1.29, 1.82) is 0 Å². The monoisotopic (exact) mass is 685 g/mol. The molecule has 0 aromatic heterocycles. The zero-order chi connectivity index (χ0) is 34.6. The van der Waals surface area contributed by atoms with E-state index in [9.17, 15) is 22.8 Å². The van der Waals surface area contributed by atoms with E-state index >= 15 is 0 Å². The second-order valence-corrected chi connectivity index (χ2v) is 13.4. The van der Waals surface area contributed by atoms with Crippen LogP contribution < -0.4 is 24.4 Å². The fourth-order valence-corrected chi connectivity index (χ4v) is 6.60. The predicted molar refractivity (Wildman–Crippen MR) is 186 cm³/mol. The van der Waals surface area contributed by atoms with E-state index in [4.69, 9.17) is 14.6 Å². The van der Waals surface area contributed by atoms with Gasteiger partial charge in [-0.1, -0.05) is 66.7 Å². The van der Waals surface area contributed by atoms with Gasteiger partial charge in [0.2, 0.25) is 10.0 Å². The lowest BCUT2D eigenvalue weighted by molar-refractivity contribution is -0.137. The number of ether oxygens (including phenoxy) is 2. The Labute approximate surface area is 285 Å². The summed E-state index contributed by atoms with van der Waals surface area (Å²) in [6.07, 6.45) is 1.78. The number of carboxylic acids is 1. The number of fused-ring (bicyclic) bond motifs is 1. The molecule has 1 unspecified atom stereocenters. The second kappa shape index (κ2) is 16.6. The molecular weight excluding hydrogens is 646 g/mol. The van der Waals surface area contributed by atoms with Gasteiger partial charge in [0.1, 0.15) is 5.75 Å². The number of benzene rings is 4. The minimum Gasteiger partial charge on any atom is -0.494 e. The Morgan fingerprint density at radius 2 is 1.53 bits per heavy atom. The molecule has 11 nitrogen and oxygen atoms in total. The third-order valence-corrected chi connectivity index (χ3v) is 9.11. The summed E-state index contributed by atoms with van der Waals surface area (Å²) in [4.78, 5) is 39.5. The number of nitrogens with zero attached hydrogens (tertiary/aromatic N) is 1. The summed E-state index contributed by atoms with van der Waals surface area (Å²) in [7, 11) is -4.05. The van der Waals surface area contributed by atoms with Crippen LogP contribution in [0.5, 0.6) is 11.5 Å². The first-order valence-corrected chi connectivity index (χ1v) is 17.7. The largest absolute Gasteiger partial charge is 0.494 e. The smallest absolute Gasteiger partial charge is 0.303 e. The standard InChI is InChI=1S/C37H39N3O8S/c41-34(42)18-10-23-40-25-33(37(44)39-49(45,46)26-28-14-5-2-6-15-28)48-35-31(16-9-17-32(35)40)38-36(43)29-19-21-30(22-20-29)47-24-8-7-13-27-11-3-1-4-12-27/h1-6,9,11-12,14-17,19-22,33H,7-8,10,13,18,23-26H2,(H,38,43)(H,39,44)(H,41,42). The van der Waals surface area contributed by atoms with Crippen molar-refractivity contribution in [2.24, 2.45) is 0 Å². The summed E-state index contributed by atoms with van der Waals surface area (Å²) < 4.78 is 39.7. The Kier molecular flexibility index (Phi) is 11.9. The summed E-state index contributed by atoms with van der Waals surface area (Å²) in [5, 5.41) is 12.0. The molecule has 256 valence electrons. The molecule has 4 aromatic carbocycles. The van der Waals surface area contributed by atoms with Crippen molar-refractivity contribution in [2.45, 2.75) is 44.0 Å². The third-order valence-electron chi connectivity index (χ3n) is 7.88. The number of nitrogens with one attached hydrogen (secondary N) is 2. The molecule has 1 atom stereocenters. The Morgan fingerprint density at radius 3 is 2.22 bits per heavy atom. The van der Waals surface area contributed by atoms with Gasteiger partial charge in [-0.05, 0) is 73.2 Å². The van der Waals surface area contributed by atoms with E-state index in [-0.39, 0.29) is 37.4 Å². The summed E-state index contributed by atoms with van der Waals surface area (Å²) in [6.45, 7) is 0.788. The fraction of sp³-hybridized carbons (Fsp3) is 0.270. The summed E-state index contributed by atoms with van der Waals surface area (Å²) >= 11 is 0. The van der Waals surface area contributed by atoms with Gasteiger partial charge in [0.25, 0.3) is 11.8 Å². The topological polar surface area (TPSA) is 151 Å². The number of carboxylic acid groups (broad SMARTS) is 1. The van der Waals surface area contributed by atoms with Gasteiger partial charge in [-0.25, -0.2) is 13.1 Å². The molecule has 1 heterocycles. The Hall–Kier alpha value is -5.36. The lowest BCUT2D eigenvalue weighted by Gasteiger charge is -2.36.